The first-order chi connectivity index (χ1) is 11.4. The van der Waals surface area contributed by atoms with E-state index in [0.717, 1.165) is 0 Å². The maximum Gasteiger partial charge on any atom is 0.330 e. The van der Waals surface area contributed by atoms with Crippen molar-refractivity contribution in [2.24, 2.45) is 5.92 Å². The van der Waals surface area contributed by atoms with E-state index in [9.17, 15) is 19.5 Å². The molecule has 0 aliphatic heterocycles. The Morgan fingerprint density at radius 2 is 1.67 bits per heavy atom. The second-order valence-electron chi connectivity index (χ2n) is 5.83. The summed E-state index contributed by atoms with van der Waals surface area (Å²) in [6, 6.07) is 11.1. The molecule has 6 nitrogen and oxygen atoms in total. The van der Waals surface area contributed by atoms with Crippen molar-refractivity contribution in [3.63, 3.8) is 0 Å². The summed E-state index contributed by atoms with van der Waals surface area (Å²) in [7, 11) is 0. The van der Waals surface area contributed by atoms with Crippen LogP contribution < -0.4 is 10.9 Å². The summed E-state index contributed by atoms with van der Waals surface area (Å²) >= 11 is 0. The number of carboxylic acids is 1. The smallest absolute Gasteiger partial charge is 0.330 e. The number of aliphatic carboxylic acids is 1. The number of carboxylic acid groups (broad SMARTS) is 1. The van der Waals surface area contributed by atoms with Crippen LogP contribution in [0.15, 0.2) is 59.5 Å². The van der Waals surface area contributed by atoms with Gasteiger partial charge in [-0.25, -0.2) is 4.79 Å². The number of nitrogens with zero attached hydrogens (tertiary/aromatic N) is 1. The average Bonchev–Trinajstić information content (AvgIpc) is 2.55. The molecule has 0 saturated carbocycles. The maximum atomic E-state index is 12.7. The van der Waals surface area contributed by atoms with Gasteiger partial charge in [0.05, 0.1) is 0 Å². The van der Waals surface area contributed by atoms with Crippen LogP contribution >= 0.6 is 0 Å². The third kappa shape index (κ3) is 3.90. The lowest BCUT2D eigenvalue weighted by atomic mass is 10.0. The zero-order valence-corrected chi connectivity index (χ0v) is 13.5. The van der Waals surface area contributed by atoms with Gasteiger partial charge in [-0.05, 0) is 17.5 Å². The van der Waals surface area contributed by atoms with Gasteiger partial charge in [-0.1, -0.05) is 50.2 Å². The summed E-state index contributed by atoms with van der Waals surface area (Å²) in [6.07, 6.45) is 1.53. The first-order valence-corrected chi connectivity index (χ1v) is 7.67. The first kappa shape index (κ1) is 17.5. The van der Waals surface area contributed by atoms with Gasteiger partial charge >= 0.3 is 5.97 Å². The lowest BCUT2D eigenvalue weighted by Gasteiger charge is -2.25. The Kier molecular flexibility index (Phi) is 5.52. The molecule has 0 fully saturated rings. The molecule has 0 saturated heterocycles. The number of amides is 1. The van der Waals surface area contributed by atoms with E-state index in [0.29, 0.717) is 5.56 Å². The molecule has 0 aliphatic carbocycles. The maximum absolute atomic E-state index is 12.7. The van der Waals surface area contributed by atoms with Crippen molar-refractivity contribution in [1.82, 2.24) is 9.88 Å². The summed E-state index contributed by atoms with van der Waals surface area (Å²) in [5, 5.41) is 12.0. The molecule has 1 amide bonds. The summed E-state index contributed by atoms with van der Waals surface area (Å²) in [5.74, 6) is -1.85. The molecule has 1 aromatic heterocycles. The van der Waals surface area contributed by atoms with Crippen molar-refractivity contribution in [2.75, 3.05) is 0 Å². The molecule has 0 bridgehead atoms. The Labute approximate surface area is 139 Å². The molecule has 2 unspecified atom stereocenters. The minimum Gasteiger partial charge on any atom is -0.479 e. The fraction of sp³-hybridized carbons (Fsp3) is 0.278. The van der Waals surface area contributed by atoms with Crippen molar-refractivity contribution in [3.05, 3.63) is 70.6 Å². The fourth-order valence-electron chi connectivity index (χ4n) is 2.58. The number of hydrogen-bond acceptors (Lipinski definition) is 3. The first-order valence-electron chi connectivity index (χ1n) is 7.67. The number of aromatic nitrogens is 1. The Morgan fingerprint density at radius 1 is 1.04 bits per heavy atom. The van der Waals surface area contributed by atoms with Gasteiger partial charge in [0, 0.05) is 12.3 Å². The van der Waals surface area contributed by atoms with Gasteiger partial charge in [-0.2, -0.15) is 0 Å². The van der Waals surface area contributed by atoms with Gasteiger partial charge in [0.1, 0.15) is 6.04 Å². The normalized spacial score (nSPS) is 13.3. The molecule has 2 N–H and O–H groups in total. The van der Waals surface area contributed by atoms with Crippen LogP contribution in [0, 0.1) is 5.92 Å². The number of nitrogens with one attached hydrogen (secondary N) is 1. The second kappa shape index (κ2) is 7.59. The monoisotopic (exact) mass is 328 g/mol. The molecule has 24 heavy (non-hydrogen) atoms. The van der Waals surface area contributed by atoms with Gasteiger partial charge in [-0.15, -0.1) is 0 Å². The summed E-state index contributed by atoms with van der Waals surface area (Å²) < 4.78 is 1.32. The predicted octanol–water partition coefficient (Wildman–Crippen LogP) is 1.99. The molecule has 6 heteroatoms. The van der Waals surface area contributed by atoms with E-state index in [1.165, 1.54) is 16.8 Å². The minimum atomic E-state index is -1.17. The van der Waals surface area contributed by atoms with Gasteiger partial charge < -0.3 is 15.0 Å². The summed E-state index contributed by atoms with van der Waals surface area (Å²) in [6.45, 7) is 3.62. The van der Waals surface area contributed by atoms with E-state index in [1.807, 2.05) is 13.8 Å². The molecule has 1 aromatic carbocycles. The molecule has 0 aliphatic rings. The number of pyridine rings is 1. The van der Waals surface area contributed by atoms with Crippen LogP contribution in [-0.4, -0.2) is 21.6 Å². The summed E-state index contributed by atoms with van der Waals surface area (Å²) in [5.41, 5.74) is 0.166. The van der Waals surface area contributed by atoms with Crippen LogP contribution in [0.25, 0.3) is 0 Å². The Hall–Kier alpha value is -2.89. The average molecular weight is 328 g/mol. The topological polar surface area (TPSA) is 88.4 Å². The molecule has 2 aromatic rings. The van der Waals surface area contributed by atoms with Crippen molar-refractivity contribution in [2.45, 2.75) is 25.9 Å². The van der Waals surface area contributed by atoms with E-state index < -0.39 is 24.0 Å². The number of benzene rings is 1. The Bertz CT molecular complexity index is 768. The van der Waals surface area contributed by atoms with Gasteiger partial charge in [-0.3, -0.25) is 9.59 Å². The standard InChI is InChI=1S/C18H20N2O4/c1-12(2)16(20-11-7-6-10-14(20)21)17(22)19-15(18(23)24)13-8-4-3-5-9-13/h3-12,15-16H,1-2H3,(H,19,22)(H,23,24). The molecule has 0 radical (unpaired) electrons. The van der Waals surface area contributed by atoms with Gasteiger partial charge in [0.2, 0.25) is 5.91 Å². The van der Waals surface area contributed by atoms with Crippen LogP contribution in [-0.2, 0) is 9.59 Å². The highest BCUT2D eigenvalue weighted by atomic mass is 16.4. The van der Waals surface area contributed by atoms with Crippen LogP contribution in [0.1, 0.15) is 31.5 Å². The predicted molar refractivity (Wildman–Crippen MR) is 89.5 cm³/mol. The van der Waals surface area contributed by atoms with E-state index >= 15 is 0 Å². The highest BCUT2D eigenvalue weighted by molar-refractivity contribution is 5.86. The highest BCUT2D eigenvalue weighted by Gasteiger charge is 2.29. The minimum absolute atomic E-state index is 0.185. The lowest BCUT2D eigenvalue weighted by molar-refractivity contribution is -0.142. The Morgan fingerprint density at radius 3 is 2.21 bits per heavy atom. The van der Waals surface area contributed by atoms with E-state index in [-0.39, 0.29) is 11.5 Å². The SMILES string of the molecule is CC(C)C(C(=O)NC(C(=O)O)c1ccccc1)n1ccccc1=O. The van der Waals surface area contributed by atoms with Crippen LogP contribution in [0.3, 0.4) is 0 Å². The van der Waals surface area contributed by atoms with Gasteiger partial charge in [0.15, 0.2) is 6.04 Å². The Balaban J connectivity index is 2.32. The molecular weight excluding hydrogens is 308 g/mol. The lowest BCUT2D eigenvalue weighted by Crippen LogP contribution is -2.42. The van der Waals surface area contributed by atoms with E-state index in [4.69, 9.17) is 0 Å². The zero-order valence-electron chi connectivity index (χ0n) is 13.5. The molecular formula is C18H20N2O4. The second-order valence-corrected chi connectivity index (χ2v) is 5.83. The third-order valence-electron chi connectivity index (χ3n) is 3.72. The van der Waals surface area contributed by atoms with E-state index in [2.05, 4.69) is 5.32 Å². The van der Waals surface area contributed by atoms with Crippen LogP contribution in [0.2, 0.25) is 0 Å². The summed E-state index contributed by atoms with van der Waals surface area (Å²) in [4.78, 5) is 36.3. The quantitative estimate of drug-likeness (QED) is 0.849. The fourth-order valence-corrected chi connectivity index (χ4v) is 2.58. The molecule has 126 valence electrons. The van der Waals surface area contributed by atoms with Crippen molar-refractivity contribution >= 4 is 11.9 Å². The molecule has 1 heterocycles. The molecule has 0 spiro atoms. The molecule has 2 atom stereocenters. The van der Waals surface area contributed by atoms with Crippen LogP contribution in [0.4, 0.5) is 0 Å². The third-order valence-corrected chi connectivity index (χ3v) is 3.72. The highest BCUT2D eigenvalue weighted by Crippen LogP contribution is 2.19. The van der Waals surface area contributed by atoms with Crippen LogP contribution in [0.5, 0.6) is 0 Å². The van der Waals surface area contributed by atoms with Crippen molar-refractivity contribution in [1.29, 1.82) is 0 Å². The van der Waals surface area contributed by atoms with E-state index in [1.54, 1.807) is 42.5 Å². The largest absolute Gasteiger partial charge is 0.479 e. The van der Waals surface area contributed by atoms with Crippen molar-refractivity contribution in [3.8, 4) is 0 Å². The number of carbonyl (C=O) groups excluding carboxylic acids is 1. The van der Waals surface area contributed by atoms with Crippen molar-refractivity contribution < 1.29 is 14.7 Å². The zero-order chi connectivity index (χ0) is 17.7. The number of carbonyl (C=O) groups is 2. The molecule has 2 rings (SSSR count). The van der Waals surface area contributed by atoms with Gasteiger partial charge in [0.25, 0.3) is 5.56 Å². The number of rotatable bonds is 6. The number of hydrogen-bond donors (Lipinski definition) is 2.